The van der Waals surface area contributed by atoms with Crippen LogP contribution in [0.15, 0.2) is 26.0 Å². The molecule has 2 aromatic rings. The molecule has 0 bridgehead atoms. The van der Waals surface area contributed by atoms with Crippen molar-refractivity contribution in [3.05, 3.63) is 38.8 Å². The number of rotatable bonds is 10. The minimum Gasteiger partial charge on any atom is -0.453 e. The Morgan fingerprint density at radius 3 is 2.57 bits per heavy atom. The Morgan fingerprint density at radius 1 is 1.24 bits per heavy atom. The molecular formula is C24H35N5O7S. The molecule has 0 saturated carbocycles. The molecule has 13 heteroatoms. The van der Waals surface area contributed by atoms with Crippen molar-refractivity contribution in [1.29, 1.82) is 0 Å². The minimum atomic E-state index is -1.38. The highest BCUT2D eigenvalue weighted by molar-refractivity contribution is 7.07. The molecule has 2 aromatic heterocycles. The van der Waals surface area contributed by atoms with Crippen molar-refractivity contribution < 1.29 is 28.6 Å². The minimum absolute atomic E-state index is 0.194. The molecule has 1 saturated heterocycles. The molecule has 37 heavy (non-hydrogen) atoms. The number of hydrogen-bond donors (Lipinski definition) is 3. The van der Waals surface area contributed by atoms with E-state index < -0.39 is 42.0 Å². The largest absolute Gasteiger partial charge is 0.453 e. The zero-order chi connectivity index (χ0) is 27.3. The predicted molar refractivity (Wildman–Crippen MR) is 135 cm³/mol. The van der Waals surface area contributed by atoms with Crippen molar-refractivity contribution in [2.45, 2.75) is 71.3 Å². The van der Waals surface area contributed by atoms with Gasteiger partial charge in [0, 0.05) is 6.54 Å². The fourth-order valence-corrected chi connectivity index (χ4v) is 4.96. The van der Waals surface area contributed by atoms with E-state index in [9.17, 15) is 24.3 Å². The molecule has 3 rings (SSSR count). The van der Waals surface area contributed by atoms with Crippen LogP contribution in [0.25, 0.3) is 0 Å². The van der Waals surface area contributed by atoms with Crippen molar-refractivity contribution in [1.82, 2.24) is 25.3 Å². The summed E-state index contributed by atoms with van der Waals surface area (Å²) in [4.78, 5) is 52.1. The molecule has 1 fully saturated rings. The summed E-state index contributed by atoms with van der Waals surface area (Å²) in [5.74, 6) is -2.20. The first-order valence-corrected chi connectivity index (χ1v) is 13.2. The van der Waals surface area contributed by atoms with E-state index >= 15 is 0 Å². The third-order valence-corrected chi connectivity index (χ3v) is 7.12. The number of amides is 3. The molecule has 0 aromatic carbocycles. The Labute approximate surface area is 219 Å². The number of carbonyl (C=O) groups excluding carboxylic acids is 3. The standard InChI is InChI=1S/C24H35N5O7S/c1-13(2)17(19(30)21-27-29(24(34)36-21)11-15-8-10-37-12-15)25-20(31)16-7-6-9-28(16)22(32)18(14(3)4)26-23(33)35-5/h8,10,12-14,16-19,30H,6-7,9,11H2,1-5H3,(H,25,31)(H,26,33)/t16-,17-,18-,19+/m0/s1. The third kappa shape index (κ3) is 6.77. The van der Waals surface area contributed by atoms with Crippen molar-refractivity contribution in [3.8, 4) is 0 Å². The monoisotopic (exact) mass is 537 g/mol. The number of aliphatic hydroxyl groups is 1. The summed E-state index contributed by atoms with van der Waals surface area (Å²) in [7, 11) is 1.22. The Balaban J connectivity index is 1.74. The molecule has 1 aliphatic rings. The SMILES string of the molecule is COC(=O)N[C@H](C(=O)N1CCC[C@H]1C(=O)N[C@@H](C(C)C)[C@@H](O)c1nn(Cc2ccsc2)c(=O)o1)C(C)C. The number of nitrogens with zero attached hydrogens (tertiary/aromatic N) is 3. The first-order valence-electron chi connectivity index (χ1n) is 12.3. The topological polar surface area (TPSA) is 156 Å². The number of methoxy groups -OCH3 is 1. The van der Waals surface area contributed by atoms with E-state index in [1.54, 1.807) is 27.7 Å². The van der Waals surface area contributed by atoms with Gasteiger partial charge in [-0.2, -0.15) is 16.0 Å². The second-order valence-electron chi connectivity index (χ2n) is 9.77. The maximum Gasteiger partial charge on any atom is 0.437 e. The molecule has 3 amide bonds. The first-order chi connectivity index (χ1) is 17.5. The summed E-state index contributed by atoms with van der Waals surface area (Å²) >= 11 is 1.49. The van der Waals surface area contributed by atoms with Gasteiger partial charge >= 0.3 is 11.8 Å². The highest BCUT2D eigenvalue weighted by Crippen LogP contribution is 2.24. The second-order valence-corrected chi connectivity index (χ2v) is 10.5. The molecule has 1 aliphatic heterocycles. The lowest BCUT2D eigenvalue weighted by Gasteiger charge is -2.32. The van der Waals surface area contributed by atoms with Crippen LogP contribution in [-0.2, 0) is 20.9 Å². The Hall–Kier alpha value is -3.19. The summed E-state index contributed by atoms with van der Waals surface area (Å²) in [5.41, 5.74) is 0.877. The Bertz CT molecular complexity index is 1130. The van der Waals surface area contributed by atoms with Crippen LogP contribution in [-0.4, -0.2) is 69.5 Å². The number of likely N-dealkylation sites (tertiary alicyclic amines) is 1. The number of aliphatic hydroxyl groups excluding tert-OH is 1. The zero-order valence-electron chi connectivity index (χ0n) is 21.7. The quantitative estimate of drug-likeness (QED) is 0.412. The number of thiophene rings is 1. The van der Waals surface area contributed by atoms with Crippen molar-refractivity contribution in [2.24, 2.45) is 11.8 Å². The lowest BCUT2D eigenvalue weighted by Crippen LogP contribution is -2.56. The molecule has 0 spiro atoms. The lowest BCUT2D eigenvalue weighted by atomic mass is 9.97. The van der Waals surface area contributed by atoms with E-state index in [0.717, 1.165) is 10.2 Å². The molecule has 0 radical (unpaired) electrons. The number of carbonyl (C=O) groups is 3. The van der Waals surface area contributed by atoms with Gasteiger partial charge in [-0.25, -0.2) is 9.59 Å². The molecule has 4 atom stereocenters. The second kappa shape index (κ2) is 12.4. The number of hydrogen-bond acceptors (Lipinski definition) is 9. The van der Waals surface area contributed by atoms with Gasteiger partial charge in [-0.3, -0.25) is 9.59 Å². The third-order valence-electron chi connectivity index (χ3n) is 6.38. The first kappa shape index (κ1) is 28.4. The van der Waals surface area contributed by atoms with Crippen LogP contribution >= 0.6 is 11.3 Å². The summed E-state index contributed by atoms with van der Waals surface area (Å²) < 4.78 is 11.0. The smallest absolute Gasteiger partial charge is 0.437 e. The fraction of sp³-hybridized carbons (Fsp3) is 0.625. The average molecular weight is 538 g/mol. The molecule has 12 nitrogen and oxygen atoms in total. The van der Waals surface area contributed by atoms with Crippen molar-refractivity contribution in [3.63, 3.8) is 0 Å². The van der Waals surface area contributed by atoms with Gasteiger partial charge in [-0.1, -0.05) is 27.7 Å². The normalized spacial score (nSPS) is 18.1. The van der Waals surface area contributed by atoms with Crippen LogP contribution in [0.1, 0.15) is 58.1 Å². The van der Waals surface area contributed by atoms with Crippen LogP contribution in [0.4, 0.5) is 4.79 Å². The summed E-state index contributed by atoms with van der Waals surface area (Å²) in [6.45, 7) is 7.76. The van der Waals surface area contributed by atoms with Crippen LogP contribution in [0.2, 0.25) is 0 Å². The highest BCUT2D eigenvalue weighted by Gasteiger charge is 2.40. The molecule has 204 valence electrons. The maximum absolute atomic E-state index is 13.3. The van der Waals surface area contributed by atoms with Crippen LogP contribution in [0, 0.1) is 11.8 Å². The summed E-state index contributed by atoms with van der Waals surface area (Å²) in [6, 6.07) is -0.594. The van der Waals surface area contributed by atoms with Gasteiger partial charge in [0.1, 0.15) is 12.1 Å². The van der Waals surface area contributed by atoms with E-state index in [1.807, 2.05) is 16.8 Å². The highest BCUT2D eigenvalue weighted by atomic mass is 32.1. The van der Waals surface area contributed by atoms with E-state index in [0.29, 0.717) is 19.4 Å². The molecule has 3 heterocycles. The number of ether oxygens (including phenoxy) is 1. The number of nitrogens with one attached hydrogen (secondary N) is 2. The number of aromatic nitrogens is 2. The molecular weight excluding hydrogens is 502 g/mol. The van der Waals surface area contributed by atoms with E-state index in [2.05, 4.69) is 20.5 Å². The summed E-state index contributed by atoms with van der Waals surface area (Å²) in [6.07, 6.45) is -1.05. The van der Waals surface area contributed by atoms with Gasteiger partial charge in [-0.05, 0) is 47.1 Å². The van der Waals surface area contributed by atoms with E-state index in [4.69, 9.17) is 4.42 Å². The lowest BCUT2D eigenvalue weighted by molar-refractivity contribution is -0.141. The molecule has 3 N–H and O–H groups in total. The van der Waals surface area contributed by atoms with Gasteiger partial charge < -0.3 is 29.8 Å². The van der Waals surface area contributed by atoms with Gasteiger partial charge in [0.15, 0.2) is 6.10 Å². The van der Waals surface area contributed by atoms with Crippen molar-refractivity contribution >= 4 is 29.2 Å². The van der Waals surface area contributed by atoms with E-state index in [-0.39, 0.29) is 30.2 Å². The van der Waals surface area contributed by atoms with Gasteiger partial charge in [0.2, 0.25) is 17.7 Å². The predicted octanol–water partition coefficient (Wildman–Crippen LogP) is 1.49. The maximum atomic E-state index is 13.3. The van der Waals surface area contributed by atoms with Gasteiger partial charge in [0.25, 0.3) is 0 Å². The molecule has 0 aliphatic carbocycles. The zero-order valence-corrected chi connectivity index (χ0v) is 22.5. The molecule has 0 unspecified atom stereocenters. The number of alkyl carbamates (subject to hydrolysis) is 1. The van der Waals surface area contributed by atoms with Gasteiger partial charge in [-0.15, -0.1) is 5.10 Å². The Kier molecular flexibility index (Phi) is 9.49. The van der Waals surface area contributed by atoms with Crippen LogP contribution < -0.4 is 16.4 Å². The van der Waals surface area contributed by atoms with E-state index in [1.165, 1.54) is 23.3 Å². The van der Waals surface area contributed by atoms with Crippen LogP contribution in [0.5, 0.6) is 0 Å². The summed E-state index contributed by atoms with van der Waals surface area (Å²) in [5, 5.41) is 24.3. The van der Waals surface area contributed by atoms with Crippen LogP contribution in [0.3, 0.4) is 0 Å². The van der Waals surface area contributed by atoms with Gasteiger partial charge in [0.05, 0.1) is 19.7 Å². The van der Waals surface area contributed by atoms with Crippen molar-refractivity contribution in [2.75, 3.05) is 13.7 Å². The Morgan fingerprint density at radius 2 is 1.97 bits per heavy atom. The fourth-order valence-electron chi connectivity index (χ4n) is 4.30. The average Bonchev–Trinajstić information content (AvgIpc) is 3.61.